The van der Waals surface area contributed by atoms with E-state index in [1.165, 1.54) is 18.4 Å². The number of benzene rings is 1. The van der Waals surface area contributed by atoms with Gasteiger partial charge in [0, 0.05) is 5.56 Å². The van der Waals surface area contributed by atoms with Crippen molar-refractivity contribution in [2.24, 2.45) is 0 Å². The van der Waals surface area contributed by atoms with E-state index in [1.54, 1.807) is 6.07 Å². The number of hydrogen-bond acceptors (Lipinski definition) is 3. The first kappa shape index (κ1) is 12.4. The molecule has 1 aliphatic carbocycles. The maximum Gasteiger partial charge on any atom is 0.242 e. The lowest BCUT2D eigenvalue weighted by atomic mass is 10.1. The van der Waals surface area contributed by atoms with E-state index in [2.05, 4.69) is 29.3 Å². The predicted octanol–water partition coefficient (Wildman–Crippen LogP) is 4.29. The summed E-state index contributed by atoms with van der Waals surface area (Å²) in [7, 11) is 0. The van der Waals surface area contributed by atoms with Crippen molar-refractivity contribution in [1.82, 2.24) is 10.2 Å². The van der Waals surface area contributed by atoms with E-state index in [0.717, 1.165) is 11.3 Å². The van der Waals surface area contributed by atoms with Crippen LogP contribution in [0.15, 0.2) is 24.3 Å². The molecule has 2 aromatic rings. The van der Waals surface area contributed by atoms with Gasteiger partial charge in [-0.25, -0.2) is 0 Å². The molecule has 97 valence electrons. The van der Waals surface area contributed by atoms with Gasteiger partial charge >= 0.3 is 0 Å². The van der Waals surface area contributed by atoms with Gasteiger partial charge in [-0.1, -0.05) is 29.8 Å². The molecule has 0 spiro atoms. The van der Waals surface area contributed by atoms with Gasteiger partial charge in [-0.05, 0) is 49.8 Å². The average Bonchev–Trinajstić information content (AvgIpc) is 3.19. The summed E-state index contributed by atoms with van der Waals surface area (Å²) in [6.45, 7) is 5.92. The lowest BCUT2D eigenvalue weighted by molar-refractivity contribution is 0.444. The number of aryl methyl sites for hydroxylation is 1. The minimum absolute atomic E-state index is 0.324. The maximum absolute atomic E-state index is 5.93. The quantitative estimate of drug-likeness (QED) is 0.837. The van der Waals surface area contributed by atoms with Gasteiger partial charge in [0.2, 0.25) is 5.88 Å². The Hall–Kier alpha value is -1.61. The smallest absolute Gasteiger partial charge is 0.242 e. The van der Waals surface area contributed by atoms with Gasteiger partial charge in [0.25, 0.3) is 0 Å². The van der Waals surface area contributed by atoms with E-state index in [0.29, 0.717) is 22.5 Å². The summed E-state index contributed by atoms with van der Waals surface area (Å²) < 4.78 is 5.93. The summed E-state index contributed by atoms with van der Waals surface area (Å²) in [5.74, 6) is 1.91. The molecule has 1 aliphatic rings. The molecular weight excluding hydrogens is 260 g/mol. The summed E-state index contributed by atoms with van der Waals surface area (Å²) in [5, 5.41) is 8.10. The number of para-hydroxylation sites is 1. The maximum atomic E-state index is 5.93. The van der Waals surface area contributed by atoms with E-state index in [4.69, 9.17) is 16.3 Å². The van der Waals surface area contributed by atoms with Crippen LogP contribution in [-0.4, -0.2) is 10.2 Å². The first-order valence-electron chi connectivity index (χ1n) is 6.27. The van der Waals surface area contributed by atoms with Crippen molar-refractivity contribution < 1.29 is 4.74 Å². The molecule has 0 atom stereocenters. The highest BCUT2D eigenvalue weighted by molar-refractivity contribution is 6.29. The molecule has 1 radical (unpaired) electrons. The third-order valence-electron chi connectivity index (χ3n) is 3.26. The van der Waals surface area contributed by atoms with Crippen molar-refractivity contribution in [2.45, 2.75) is 25.7 Å². The van der Waals surface area contributed by atoms with Crippen LogP contribution in [0.25, 0.3) is 0 Å². The number of aromatic nitrogens is 2. The summed E-state index contributed by atoms with van der Waals surface area (Å²) in [6.07, 6.45) is 2.45. The van der Waals surface area contributed by atoms with Crippen molar-refractivity contribution in [3.8, 4) is 11.6 Å². The van der Waals surface area contributed by atoms with Crippen molar-refractivity contribution in [3.63, 3.8) is 0 Å². The second-order valence-corrected chi connectivity index (χ2v) is 5.25. The van der Waals surface area contributed by atoms with Crippen LogP contribution in [0.5, 0.6) is 11.6 Å². The summed E-state index contributed by atoms with van der Waals surface area (Å²) >= 11 is 5.77. The fourth-order valence-corrected chi connectivity index (χ4v) is 2.27. The zero-order valence-corrected chi connectivity index (χ0v) is 11.4. The van der Waals surface area contributed by atoms with Gasteiger partial charge in [-0.2, -0.15) is 0 Å². The molecule has 4 heteroatoms. The molecule has 0 unspecified atom stereocenters. The van der Waals surface area contributed by atoms with Crippen molar-refractivity contribution in [2.75, 3.05) is 0 Å². The van der Waals surface area contributed by atoms with Crippen LogP contribution < -0.4 is 4.74 Å². The highest BCUT2D eigenvalue weighted by Gasteiger charge is 2.27. The Labute approximate surface area is 117 Å². The first-order valence-corrected chi connectivity index (χ1v) is 6.65. The van der Waals surface area contributed by atoms with Crippen LogP contribution in [0.3, 0.4) is 0 Å². The predicted molar refractivity (Wildman–Crippen MR) is 74.7 cm³/mol. The monoisotopic (exact) mass is 273 g/mol. The molecule has 1 aromatic carbocycles. The number of nitrogens with zero attached hydrogens (tertiary/aromatic N) is 2. The molecule has 1 heterocycles. The van der Waals surface area contributed by atoms with Crippen molar-refractivity contribution in [3.05, 3.63) is 53.0 Å². The minimum atomic E-state index is 0.324. The second-order valence-electron chi connectivity index (χ2n) is 4.87. The van der Waals surface area contributed by atoms with E-state index in [-0.39, 0.29) is 0 Å². The van der Waals surface area contributed by atoms with Gasteiger partial charge in [0.15, 0.2) is 5.15 Å². The molecule has 0 saturated heterocycles. The Bertz CT molecular complexity index is 624. The number of hydrogen-bond donors (Lipinski definition) is 0. The summed E-state index contributed by atoms with van der Waals surface area (Å²) in [4.78, 5) is 0. The van der Waals surface area contributed by atoms with Crippen LogP contribution in [-0.2, 0) is 0 Å². The third-order valence-corrected chi connectivity index (χ3v) is 3.45. The summed E-state index contributed by atoms with van der Waals surface area (Å²) in [6, 6.07) is 7.87. The molecule has 0 N–H and O–H groups in total. The number of rotatable bonds is 3. The average molecular weight is 274 g/mol. The number of ether oxygens (including phenoxy) is 1. The van der Waals surface area contributed by atoms with Crippen LogP contribution in [0.1, 0.15) is 35.4 Å². The molecule has 3 rings (SSSR count). The largest absolute Gasteiger partial charge is 0.437 e. The molecule has 3 nitrogen and oxygen atoms in total. The first-order chi connectivity index (χ1) is 9.15. The van der Waals surface area contributed by atoms with Crippen LogP contribution >= 0.6 is 11.6 Å². The van der Waals surface area contributed by atoms with E-state index < -0.39 is 0 Å². The van der Waals surface area contributed by atoms with Gasteiger partial charge in [-0.15, -0.1) is 10.2 Å². The van der Waals surface area contributed by atoms with E-state index >= 15 is 0 Å². The van der Waals surface area contributed by atoms with Gasteiger partial charge in [-0.3, -0.25) is 0 Å². The zero-order valence-electron chi connectivity index (χ0n) is 10.7. The highest BCUT2D eigenvalue weighted by Crippen LogP contribution is 2.46. The van der Waals surface area contributed by atoms with Gasteiger partial charge in [0.05, 0.1) is 0 Å². The molecule has 0 bridgehead atoms. The molecule has 19 heavy (non-hydrogen) atoms. The fourth-order valence-electron chi connectivity index (χ4n) is 2.10. The third kappa shape index (κ3) is 2.56. The lowest BCUT2D eigenvalue weighted by Gasteiger charge is -2.13. The Balaban J connectivity index is 1.98. The molecular formula is C15H14ClN2O. The zero-order chi connectivity index (χ0) is 13.4. The lowest BCUT2D eigenvalue weighted by Crippen LogP contribution is -1.98. The molecule has 1 fully saturated rings. The Morgan fingerprint density at radius 2 is 2.11 bits per heavy atom. The van der Waals surface area contributed by atoms with Gasteiger partial charge in [0.1, 0.15) is 5.75 Å². The normalized spacial score (nSPS) is 14.5. The van der Waals surface area contributed by atoms with Gasteiger partial charge < -0.3 is 4.74 Å². The summed E-state index contributed by atoms with van der Waals surface area (Å²) in [5.41, 5.74) is 2.99. The fraction of sp³-hybridized carbons (Fsp3) is 0.267. The molecule has 1 saturated carbocycles. The topological polar surface area (TPSA) is 35.0 Å². The van der Waals surface area contributed by atoms with Crippen molar-refractivity contribution in [1.29, 1.82) is 0 Å². The Morgan fingerprint density at radius 3 is 2.79 bits per heavy atom. The SMILES string of the molecule is [CH2]c1cc(Cl)nnc1Oc1c(C)cccc1C1CC1. The highest BCUT2D eigenvalue weighted by atomic mass is 35.5. The van der Waals surface area contributed by atoms with E-state index in [1.807, 2.05) is 13.0 Å². The van der Waals surface area contributed by atoms with E-state index in [9.17, 15) is 0 Å². The Kier molecular flexibility index (Phi) is 3.15. The van der Waals surface area contributed by atoms with Crippen LogP contribution in [0.2, 0.25) is 5.15 Å². The van der Waals surface area contributed by atoms with Crippen LogP contribution in [0, 0.1) is 13.8 Å². The second kappa shape index (κ2) is 4.82. The molecule has 1 aromatic heterocycles. The standard InChI is InChI=1S/C15H14ClN2O/c1-9-4-3-5-12(11-6-7-11)14(9)19-15-10(2)8-13(16)17-18-15/h3-5,8,11H,2,6-7H2,1H3. The molecule has 0 aliphatic heterocycles. The minimum Gasteiger partial charge on any atom is -0.437 e. The molecule has 0 amide bonds. The van der Waals surface area contributed by atoms with Crippen LogP contribution in [0.4, 0.5) is 0 Å². The number of halogens is 1. The van der Waals surface area contributed by atoms with Crippen molar-refractivity contribution >= 4 is 11.6 Å². The Morgan fingerprint density at radius 1 is 1.32 bits per heavy atom.